The van der Waals surface area contributed by atoms with Gasteiger partial charge in [-0.05, 0) is 44.9 Å². The molecule has 1 heterocycles. The summed E-state index contributed by atoms with van der Waals surface area (Å²) in [6, 6.07) is 5.23. The van der Waals surface area contributed by atoms with Crippen molar-refractivity contribution in [2.45, 2.75) is 51.2 Å². The monoisotopic (exact) mass is 405 g/mol. The minimum absolute atomic E-state index is 0.0347. The number of hydrogen-bond acceptors (Lipinski definition) is 5. The standard InChI is InChI=1S/C18H22F3NO6/c1-17(2,3)28-15(23)22-9-12(8-14(10-22)26-16(24)25)11-4-6-13(7-5-11)27-18(19,20)21/h4-7,12,14H,8-10H2,1-3H3,(H,24,25). The first-order valence-corrected chi connectivity index (χ1v) is 8.55. The summed E-state index contributed by atoms with van der Waals surface area (Å²) in [7, 11) is 0. The maximum absolute atomic E-state index is 12.4. The van der Waals surface area contributed by atoms with Crippen LogP contribution in [0.1, 0.15) is 38.7 Å². The summed E-state index contributed by atoms with van der Waals surface area (Å²) in [4.78, 5) is 24.6. The highest BCUT2D eigenvalue weighted by molar-refractivity contribution is 5.68. The number of hydrogen-bond donors (Lipinski definition) is 1. The van der Waals surface area contributed by atoms with Gasteiger partial charge in [0.1, 0.15) is 17.5 Å². The van der Waals surface area contributed by atoms with Crippen LogP contribution in [0, 0.1) is 0 Å². The summed E-state index contributed by atoms with van der Waals surface area (Å²) < 4.78 is 50.9. The van der Waals surface area contributed by atoms with E-state index in [-0.39, 0.29) is 31.2 Å². The molecule has 2 rings (SSSR count). The van der Waals surface area contributed by atoms with Crippen molar-refractivity contribution in [3.8, 4) is 5.75 Å². The average Bonchev–Trinajstić information content (AvgIpc) is 2.51. The van der Waals surface area contributed by atoms with Crippen molar-refractivity contribution in [2.24, 2.45) is 0 Å². The van der Waals surface area contributed by atoms with Gasteiger partial charge in [-0.1, -0.05) is 12.1 Å². The quantitative estimate of drug-likeness (QED) is 0.752. The summed E-state index contributed by atoms with van der Waals surface area (Å²) in [6.07, 6.45) is -7.38. The Kier molecular flexibility index (Phi) is 6.30. The molecule has 2 unspecified atom stereocenters. The number of carbonyl (C=O) groups excluding carboxylic acids is 1. The number of piperidine rings is 1. The third-order valence-corrected chi connectivity index (χ3v) is 3.92. The highest BCUT2D eigenvalue weighted by Gasteiger charge is 2.35. The highest BCUT2D eigenvalue weighted by atomic mass is 19.4. The topological polar surface area (TPSA) is 85.3 Å². The van der Waals surface area contributed by atoms with E-state index in [1.54, 1.807) is 20.8 Å². The number of nitrogens with zero attached hydrogens (tertiary/aromatic N) is 1. The van der Waals surface area contributed by atoms with Gasteiger partial charge in [-0.3, -0.25) is 0 Å². The Balaban J connectivity index is 2.17. The van der Waals surface area contributed by atoms with Gasteiger partial charge >= 0.3 is 18.6 Å². The van der Waals surface area contributed by atoms with Crippen LogP contribution in [0.3, 0.4) is 0 Å². The molecule has 1 N–H and O–H groups in total. The smallest absolute Gasteiger partial charge is 0.450 e. The zero-order valence-corrected chi connectivity index (χ0v) is 15.7. The molecule has 156 valence electrons. The molecule has 7 nitrogen and oxygen atoms in total. The first-order chi connectivity index (χ1) is 12.8. The maximum atomic E-state index is 12.4. The van der Waals surface area contributed by atoms with Crippen LogP contribution >= 0.6 is 0 Å². The number of alkyl halides is 3. The summed E-state index contributed by atoms with van der Waals surface area (Å²) >= 11 is 0. The molecule has 1 fully saturated rings. The number of carboxylic acid groups (broad SMARTS) is 1. The molecule has 0 saturated carbocycles. The summed E-state index contributed by atoms with van der Waals surface area (Å²) in [5.41, 5.74) is -0.106. The summed E-state index contributed by atoms with van der Waals surface area (Å²) in [6.45, 7) is 5.37. The molecule has 0 radical (unpaired) electrons. The second-order valence-electron chi connectivity index (χ2n) is 7.44. The van der Waals surface area contributed by atoms with Crippen LogP contribution < -0.4 is 4.74 Å². The average molecular weight is 405 g/mol. The largest absolute Gasteiger partial charge is 0.573 e. The molecule has 1 aromatic carbocycles. The third kappa shape index (κ3) is 6.82. The van der Waals surface area contributed by atoms with Crippen LogP contribution in [-0.4, -0.2) is 53.4 Å². The summed E-state index contributed by atoms with van der Waals surface area (Å²) in [5, 5.41) is 8.90. The van der Waals surface area contributed by atoms with Crippen molar-refractivity contribution in [3.63, 3.8) is 0 Å². The second-order valence-corrected chi connectivity index (χ2v) is 7.44. The molecule has 1 aliphatic rings. The highest BCUT2D eigenvalue weighted by Crippen LogP contribution is 2.31. The maximum Gasteiger partial charge on any atom is 0.573 e. The lowest BCUT2D eigenvalue weighted by Gasteiger charge is -2.37. The van der Waals surface area contributed by atoms with E-state index in [1.165, 1.54) is 29.2 Å². The van der Waals surface area contributed by atoms with E-state index in [2.05, 4.69) is 4.74 Å². The number of likely N-dealkylation sites (tertiary alicyclic amines) is 1. The number of carbonyl (C=O) groups is 2. The van der Waals surface area contributed by atoms with E-state index >= 15 is 0 Å². The van der Waals surface area contributed by atoms with Crippen LogP contribution in [0.5, 0.6) is 5.75 Å². The normalized spacial score (nSPS) is 20.4. The fraction of sp³-hybridized carbons (Fsp3) is 0.556. The van der Waals surface area contributed by atoms with Gasteiger partial charge in [-0.25, -0.2) is 9.59 Å². The third-order valence-electron chi connectivity index (χ3n) is 3.92. The fourth-order valence-electron chi connectivity index (χ4n) is 2.94. The molecule has 1 aliphatic heterocycles. The van der Waals surface area contributed by atoms with Crippen molar-refractivity contribution >= 4 is 12.2 Å². The Morgan fingerprint density at radius 1 is 1.11 bits per heavy atom. The number of ether oxygens (including phenoxy) is 3. The lowest BCUT2D eigenvalue weighted by Crippen LogP contribution is -2.48. The van der Waals surface area contributed by atoms with Gasteiger partial charge in [0.2, 0.25) is 0 Å². The van der Waals surface area contributed by atoms with Gasteiger partial charge in [0.25, 0.3) is 0 Å². The molecule has 1 aromatic rings. The zero-order chi connectivity index (χ0) is 21.1. The zero-order valence-electron chi connectivity index (χ0n) is 15.7. The summed E-state index contributed by atoms with van der Waals surface area (Å²) in [5.74, 6) is -0.708. The molecular formula is C18H22F3NO6. The lowest BCUT2D eigenvalue weighted by molar-refractivity contribution is -0.274. The minimum Gasteiger partial charge on any atom is -0.450 e. The van der Waals surface area contributed by atoms with E-state index < -0.39 is 30.3 Å². The number of halogens is 3. The SMILES string of the molecule is CC(C)(C)OC(=O)N1CC(OC(=O)O)CC(c2ccc(OC(F)(F)F)cc2)C1. The molecule has 1 amide bonds. The second kappa shape index (κ2) is 8.15. The molecule has 1 saturated heterocycles. The predicted molar refractivity (Wildman–Crippen MR) is 91.2 cm³/mol. The Labute approximate surface area is 160 Å². The number of benzene rings is 1. The van der Waals surface area contributed by atoms with Gasteiger partial charge in [0.05, 0.1) is 6.54 Å². The molecule has 2 atom stereocenters. The van der Waals surface area contributed by atoms with Gasteiger partial charge in [-0.15, -0.1) is 13.2 Å². The molecule has 0 spiro atoms. The van der Waals surface area contributed by atoms with Gasteiger partial charge in [0.15, 0.2) is 0 Å². The predicted octanol–water partition coefficient (Wildman–Crippen LogP) is 4.37. The van der Waals surface area contributed by atoms with E-state index in [0.29, 0.717) is 5.56 Å². The molecule has 10 heteroatoms. The van der Waals surface area contributed by atoms with Crippen LogP contribution in [0.25, 0.3) is 0 Å². The van der Waals surface area contributed by atoms with Crippen molar-refractivity contribution < 1.29 is 42.1 Å². The van der Waals surface area contributed by atoms with Crippen molar-refractivity contribution in [3.05, 3.63) is 29.8 Å². The van der Waals surface area contributed by atoms with E-state index in [9.17, 15) is 22.8 Å². The first kappa shape index (κ1) is 21.6. The van der Waals surface area contributed by atoms with Crippen LogP contribution in [0.4, 0.5) is 22.8 Å². The van der Waals surface area contributed by atoms with Crippen LogP contribution in [0.15, 0.2) is 24.3 Å². The Bertz CT molecular complexity index is 699. The van der Waals surface area contributed by atoms with Crippen molar-refractivity contribution in [1.82, 2.24) is 4.90 Å². The van der Waals surface area contributed by atoms with E-state index in [1.807, 2.05) is 0 Å². The van der Waals surface area contributed by atoms with Gasteiger partial charge in [0, 0.05) is 12.5 Å². The molecular weight excluding hydrogens is 383 g/mol. The Morgan fingerprint density at radius 3 is 2.21 bits per heavy atom. The first-order valence-electron chi connectivity index (χ1n) is 8.55. The Morgan fingerprint density at radius 2 is 1.71 bits per heavy atom. The van der Waals surface area contributed by atoms with E-state index in [4.69, 9.17) is 14.6 Å². The molecule has 28 heavy (non-hydrogen) atoms. The Hall–Kier alpha value is -2.65. The number of amides is 1. The fourth-order valence-corrected chi connectivity index (χ4v) is 2.94. The molecule has 0 bridgehead atoms. The van der Waals surface area contributed by atoms with Gasteiger partial charge < -0.3 is 24.2 Å². The van der Waals surface area contributed by atoms with Crippen LogP contribution in [0.2, 0.25) is 0 Å². The number of rotatable bonds is 3. The van der Waals surface area contributed by atoms with Gasteiger partial charge in [-0.2, -0.15) is 0 Å². The lowest BCUT2D eigenvalue weighted by atomic mass is 9.89. The van der Waals surface area contributed by atoms with Crippen LogP contribution in [-0.2, 0) is 9.47 Å². The van der Waals surface area contributed by atoms with Crippen molar-refractivity contribution in [1.29, 1.82) is 0 Å². The molecule has 0 aromatic heterocycles. The minimum atomic E-state index is -4.79. The van der Waals surface area contributed by atoms with E-state index in [0.717, 1.165) is 0 Å². The van der Waals surface area contributed by atoms with Crippen molar-refractivity contribution in [2.75, 3.05) is 13.1 Å². The molecule has 0 aliphatic carbocycles.